The predicted molar refractivity (Wildman–Crippen MR) is 95.5 cm³/mol. The summed E-state index contributed by atoms with van der Waals surface area (Å²) in [5.74, 6) is 0.633. The van der Waals surface area contributed by atoms with Crippen LogP contribution >= 0.6 is 0 Å². The molecule has 6 heteroatoms. The van der Waals surface area contributed by atoms with Crippen LogP contribution in [0.15, 0.2) is 18.2 Å². The highest BCUT2D eigenvalue weighted by Crippen LogP contribution is 2.25. The van der Waals surface area contributed by atoms with Gasteiger partial charge in [-0.2, -0.15) is 0 Å². The first-order valence-electron chi connectivity index (χ1n) is 8.89. The molecule has 1 heterocycles. The second-order valence-corrected chi connectivity index (χ2v) is 6.39. The van der Waals surface area contributed by atoms with Crippen LogP contribution in [0.3, 0.4) is 0 Å². The molecule has 1 aromatic carbocycles. The maximum Gasteiger partial charge on any atom is 0.325 e. The van der Waals surface area contributed by atoms with Gasteiger partial charge in [0.25, 0.3) is 5.91 Å². The van der Waals surface area contributed by atoms with E-state index in [1.54, 1.807) is 0 Å². The Morgan fingerprint density at radius 2 is 2.00 bits per heavy atom. The molecule has 1 aliphatic heterocycles. The molecular weight excluding hydrogens is 320 g/mol. The zero-order valence-electron chi connectivity index (χ0n) is 15.5. The van der Waals surface area contributed by atoms with E-state index in [-0.39, 0.29) is 24.4 Å². The third-order valence-corrected chi connectivity index (χ3v) is 4.51. The van der Waals surface area contributed by atoms with Gasteiger partial charge in [0, 0.05) is 12.2 Å². The van der Waals surface area contributed by atoms with E-state index in [2.05, 4.69) is 5.32 Å². The summed E-state index contributed by atoms with van der Waals surface area (Å²) in [5, 5.41) is 2.79. The first-order chi connectivity index (χ1) is 12.0. The van der Waals surface area contributed by atoms with Gasteiger partial charge in [-0.15, -0.1) is 0 Å². The molecule has 0 aliphatic carbocycles. The van der Waals surface area contributed by atoms with Crippen molar-refractivity contribution in [3.8, 4) is 5.75 Å². The van der Waals surface area contributed by atoms with Crippen LogP contribution in [0.2, 0.25) is 0 Å². The molecule has 0 bridgehead atoms. The van der Waals surface area contributed by atoms with E-state index < -0.39 is 6.04 Å². The van der Waals surface area contributed by atoms with Crippen LogP contribution in [-0.2, 0) is 16.1 Å². The van der Waals surface area contributed by atoms with Crippen LogP contribution < -0.4 is 10.1 Å². The molecule has 0 radical (unpaired) electrons. The van der Waals surface area contributed by atoms with Crippen LogP contribution in [0.4, 0.5) is 4.79 Å². The van der Waals surface area contributed by atoms with E-state index in [0.29, 0.717) is 25.6 Å². The molecule has 3 amide bonds. The molecule has 2 atom stereocenters. The molecule has 25 heavy (non-hydrogen) atoms. The maximum absolute atomic E-state index is 12.6. The first-order valence-corrected chi connectivity index (χ1v) is 8.89. The van der Waals surface area contributed by atoms with Gasteiger partial charge >= 0.3 is 6.03 Å². The van der Waals surface area contributed by atoms with Crippen LogP contribution in [-0.4, -0.2) is 42.7 Å². The Morgan fingerprint density at radius 1 is 1.24 bits per heavy atom. The average Bonchev–Trinajstić information content (AvgIpc) is 2.88. The molecule has 1 aliphatic rings. The van der Waals surface area contributed by atoms with E-state index in [9.17, 15) is 9.59 Å². The number of imide groups is 1. The number of hydrogen-bond donors (Lipinski definition) is 1. The molecule has 1 fully saturated rings. The predicted octanol–water partition coefficient (Wildman–Crippen LogP) is 2.88. The molecule has 2 rings (SSSR count). The molecule has 1 aromatic rings. The summed E-state index contributed by atoms with van der Waals surface area (Å²) >= 11 is 0. The number of nitrogens with zero attached hydrogens (tertiary/aromatic N) is 1. The number of amides is 3. The van der Waals surface area contributed by atoms with E-state index in [4.69, 9.17) is 9.47 Å². The standard InChI is InChI=1S/C19H28N2O4/c1-5-14(4)17-18(22)21(19(23)20-17)12-15-8-7-13(3)11-16(15)25-10-9-24-6-2/h7-8,11,14,17H,5-6,9-10,12H2,1-4H3,(H,20,23)/t14-,17+/m1/s1. The fourth-order valence-electron chi connectivity index (χ4n) is 2.76. The van der Waals surface area contributed by atoms with E-state index in [0.717, 1.165) is 17.5 Å². The van der Waals surface area contributed by atoms with Gasteiger partial charge in [0.05, 0.1) is 13.2 Å². The molecule has 1 N–H and O–H groups in total. The number of benzene rings is 1. The van der Waals surface area contributed by atoms with Crippen molar-refractivity contribution in [2.45, 2.75) is 46.7 Å². The highest BCUT2D eigenvalue weighted by atomic mass is 16.5. The lowest BCUT2D eigenvalue weighted by Crippen LogP contribution is -2.35. The molecule has 1 saturated heterocycles. The molecule has 0 saturated carbocycles. The number of carbonyl (C=O) groups excluding carboxylic acids is 2. The molecule has 0 unspecified atom stereocenters. The van der Waals surface area contributed by atoms with Crippen molar-refractivity contribution in [3.05, 3.63) is 29.3 Å². The monoisotopic (exact) mass is 348 g/mol. The number of ether oxygens (including phenoxy) is 2. The zero-order chi connectivity index (χ0) is 18.4. The van der Waals surface area contributed by atoms with E-state index in [1.807, 2.05) is 45.9 Å². The summed E-state index contributed by atoms with van der Waals surface area (Å²) < 4.78 is 11.1. The number of hydrogen-bond acceptors (Lipinski definition) is 4. The highest BCUT2D eigenvalue weighted by molar-refractivity contribution is 6.04. The van der Waals surface area contributed by atoms with Crippen molar-refractivity contribution >= 4 is 11.9 Å². The minimum atomic E-state index is -0.440. The summed E-state index contributed by atoms with van der Waals surface area (Å²) in [6.45, 7) is 9.68. The average molecular weight is 348 g/mol. The summed E-state index contributed by atoms with van der Waals surface area (Å²) in [6, 6.07) is 5.00. The SMILES string of the molecule is CCOCCOc1cc(C)ccc1CN1C(=O)N[C@@H]([C@H](C)CC)C1=O. The normalized spacial score (nSPS) is 18.4. The summed E-state index contributed by atoms with van der Waals surface area (Å²) in [4.78, 5) is 26.1. The second-order valence-electron chi connectivity index (χ2n) is 6.39. The van der Waals surface area contributed by atoms with Crippen LogP contribution in [0.1, 0.15) is 38.3 Å². The van der Waals surface area contributed by atoms with Crippen molar-refractivity contribution in [1.29, 1.82) is 0 Å². The van der Waals surface area contributed by atoms with E-state index in [1.165, 1.54) is 4.90 Å². The molecular formula is C19H28N2O4. The number of carbonyl (C=O) groups is 2. The second kappa shape index (κ2) is 8.85. The molecule has 0 spiro atoms. The Hall–Kier alpha value is -2.08. The largest absolute Gasteiger partial charge is 0.491 e. The van der Waals surface area contributed by atoms with E-state index >= 15 is 0 Å². The summed E-state index contributed by atoms with van der Waals surface area (Å²) in [7, 11) is 0. The van der Waals surface area contributed by atoms with Gasteiger partial charge < -0.3 is 14.8 Å². The molecule has 138 valence electrons. The Balaban J connectivity index is 2.11. The quantitative estimate of drug-likeness (QED) is 0.550. The fourth-order valence-corrected chi connectivity index (χ4v) is 2.76. The lowest BCUT2D eigenvalue weighted by molar-refractivity contribution is -0.128. The first kappa shape index (κ1) is 19.2. The third-order valence-electron chi connectivity index (χ3n) is 4.51. The van der Waals surface area contributed by atoms with Gasteiger partial charge in [-0.25, -0.2) is 4.79 Å². The Labute approximate surface area is 149 Å². The van der Waals surface area contributed by atoms with Gasteiger partial charge in [-0.3, -0.25) is 9.69 Å². The lowest BCUT2D eigenvalue weighted by Gasteiger charge is -2.18. The van der Waals surface area contributed by atoms with Gasteiger partial charge in [-0.1, -0.05) is 32.4 Å². The highest BCUT2D eigenvalue weighted by Gasteiger charge is 2.40. The van der Waals surface area contributed by atoms with Gasteiger partial charge in [0.15, 0.2) is 0 Å². The minimum absolute atomic E-state index is 0.112. The number of nitrogens with one attached hydrogen (secondary N) is 1. The van der Waals surface area contributed by atoms with Crippen LogP contribution in [0.5, 0.6) is 5.75 Å². The summed E-state index contributed by atoms with van der Waals surface area (Å²) in [6.07, 6.45) is 0.834. The Morgan fingerprint density at radius 3 is 2.68 bits per heavy atom. The fraction of sp³-hybridized carbons (Fsp3) is 0.579. The van der Waals surface area contributed by atoms with Crippen molar-refractivity contribution < 1.29 is 19.1 Å². The Bertz CT molecular complexity index is 617. The van der Waals surface area contributed by atoms with Crippen molar-refractivity contribution in [2.75, 3.05) is 19.8 Å². The number of urea groups is 1. The van der Waals surface area contributed by atoms with Crippen LogP contribution in [0.25, 0.3) is 0 Å². The minimum Gasteiger partial charge on any atom is -0.491 e. The van der Waals surface area contributed by atoms with Gasteiger partial charge in [0.2, 0.25) is 0 Å². The van der Waals surface area contributed by atoms with Gasteiger partial charge in [-0.05, 0) is 31.4 Å². The number of rotatable bonds is 9. The lowest BCUT2D eigenvalue weighted by atomic mass is 9.99. The third kappa shape index (κ3) is 4.72. The van der Waals surface area contributed by atoms with Crippen molar-refractivity contribution in [3.63, 3.8) is 0 Å². The maximum atomic E-state index is 12.6. The van der Waals surface area contributed by atoms with Crippen molar-refractivity contribution in [1.82, 2.24) is 10.2 Å². The van der Waals surface area contributed by atoms with Gasteiger partial charge in [0.1, 0.15) is 18.4 Å². The van der Waals surface area contributed by atoms with Crippen LogP contribution in [0, 0.1) is 12.8 Å². The number of aryl methyl sites for hydroxylation is 1. The smallest absolute Gasteiger partial charge is 0.325 e. The summed E-state index contributed by atoms with van der Waals surface area (Å²) in [5.41, 5.74) is 1.88. The molecule has 0 aromatic heterocycles. The topological polar surface area (TPSA) is 67.9 Å². The zero-order valence-corrected chi connectivity index (χ0v) is 15.5. The van der Waals surface area contributed by atoms with Crippen molar-refractivity contribution in [2.24, 2.45) is 5.92 Å². The molecule has 6 nitrogen and oxygen atoms in total. The Kier molecular flexibility index (Phi) is 6.82.